The van der Waals surface area contributed by atoms with Gasteiger partial charge in [-0.15, -0.1) is 0 Å². The van der Waals surface area contributed by atoms with E-state index in [-0.39, 0.29) is 4.90 Å². The van der Waals surface area contributed by atoms with Crippen LogP contribution in [-0.4, -0.2) is 32.7 Å². The molecule has 0 spiro atoms. The van der Waals surface area contributed by atoms with Gasteiger partial charge in [-0.25, -0.2) is 13.2 Å². The number of aryl methyl sites for hydroxylation is 1. The van der Waals surface area contributed by atoms with Gasteiger partial charge in [-0.1, -0.05) is 31.0 Å². The highest BCUT2D eigenvalue weighted by Crippen LogP contribution is 2.11. The Kier molecular flexibility index (Phi) is 6.36. The van der Waals surface area contributed by atoms with Crippen molar-refractivity contribution in [1.82, 2.24) is 10.6 Å². The zero-order valence-corrected chi connectivity index (χ0v) is 13.0. The molecule has 116 valence electrons. The van der Waals surface area contributed by atoms with Gasteiger partial charge in [-0.3, -0.25) is 10.1 Å². The van der Waals surface area contributed by atoms with E-state index < -0.39 is 27.5 Å². The number of unbranched alkanes of at least 4 members (excludes halogenated alkanes) is 1. The molecule has 0 saturated heterocycles. The van der Waals surface area contributed by atoms with Crippen LogP contribution >= 0.6 is 0 Å². The Morgan fingerprint density at radius 2 is 1.76 bits per heavy atom. The van der Waals surface area contributed by atoms with E-state index in [1.165, 1.54) is 12.1 Å². The minimum atomic E-state index is -3.74. The van der Waals surface area contributed by atoms with Crippen LogP contribution in [0.15, 0.2) is 29.2 Å². The van der Waals surface area contributed by atoms with E-state index in [1.807, 2.05) is 19.2 Å². The normalized spacial score (nSPS) is 11.0. The van der Waals surface area contributed by atoms with Crippen LogP contribution < -0.4 is 10.6 Å². The highest BCUT2D eigenvalue weighted by molar-refractivity contribution is 7.92. The van der Waals surface area contributed by atoms with E-state index >= 15 is 0 Å². The van der Waals surface area contributed by atoms with E-state index in [9.17, 15) is 18.0 Å². The summed E-state index contributed by atoms with van der Waals surface area (Å²) in [6.07, 6.45) is 1.71. The largest absolute Gasteiger partial charge is 0.338 e. The highest BCUT2D eigenvalue weighted by Gasteiger charge is 2.20. The molecule has 0 aliphatic rings. The lowest BCUT2D eigenvalue weighted by atomic mass is 10.2. The predicted molar refractivity (Wildman–Crippen MR) is 79.7 cm³/mol. The van der Waals surface area contributed by atoms with Crippen molar-refractivity contribution in [1.29, 1.82) is 0 Å². The van der Waals surface area contributed by atoms with E-state index in [4.69, 9.17) is 0 Å². The smallest absolute Gasteiger partial charge is 0.321 e. The molecule has 1 aromatic rings. The molecular weight excluding hydrogens is 292 g/mol. The number of amides is 3. The Labute approximate surface area is 124 Å². The minimum Gasteiger partial charge on any atom is -0.338 e. The number of rotatable bonds is 6. The Hall–Kier alpha value is -1.89. The number of hydrogen-bond acceptors (Lipinski definition) is 4. The topological polar surface area (TPSA) is 92.3 Å². The maximum atomic E-state index is 12.0. The van der Waals surface area contributed by atoms with Gasteiger partial charge in [0.2, 0.25) is 5.91 Å². The Bertz CT molecular complexity index is 594. The fourth-order valence-corrected chi connectivity index (χ4v) is 2.72. The van der Waals surface area contributed by atoms with Crippen molar-refractivity contribution in [3.05, 3.63) is 29.8 Å². The number of carbonyl (C=O) groups excluding carboxylic acids is 2. The Morgan fingerprint density at radius 1 is 1.14 bits per heavy atom. The van der Waals surface area contributed by atoms with E-state index in [2.05, 4.69) is 5.32 Å². The molecule has 0 unspecified atom stereocenters. The van der Waals surface area contributed by atoms with Gasteiger partial charge in [0.05, 0.1) is 4.90 Å². The zero-order valence-electron chi connectivity index (χ0n) is 12.2. The van der Waals surface area contributed by atoms with Crippen molar-refractivity contribution in [3.8, 4) is 0 Å². The van der Waals surface area contributed by atoms with Crippen molar-refractivity contribution in [2.45, 2.75) is 31.6 Å². The number of urea groups is 1. The number of sulfone groups is 1. The van der Waals surface area contributed by atoms with E-state index in [1.54, 1.807) is 12.1 Å². The molecule has 0 atom stereocenters. The summed E-state index contributed by atoms with van der Waals surface area (Å²) in [5.74, 6) is -1.60. The molecular formula is C14H20N2O4S. The molecule has 0 fully saturated rings. The SMILES string of the molecule is CCCCNC(=O)NC(=O)CS(=O)(=O)c1ccc(C)cc1. The Morgan fingerprint density at radius 3 is 2.33 bits per heavy atom. The molecule has 21 heavy (non-hydrogen) atoms. The van der Waals surface area contributed by atoms with Crippen molar-refractivity contribution in [2.75, 3.05) is 12.3 Å². The van der Waals surface area contributed by atoms with Crippen LogP contribution in [0.3, 0.4) is 0 Å². The molecule has 2 N–H and O–H groups in total. The minimum absolute atomic E-state index is 0.0645. The molecule has 7 heteroatoms. The van der Waals surface area contributed by atoms with Crippen molar-refractivity contribution in [3.63, 3.8) is 0 Å². The molecule has 6 nitrogen and oxygen atoms in total. The first kappa shape index (κ1) is 17.2. The zero-order chi connectivity index (χ0) is 15.9. The van der Waals surface area contributed by atoms with Gasteiger partial charge >= 0.3 is 6.03 Å². The summed E-state index contributed by atoms with van der Waals surface area (Å²) in [4.78, 5) is 23.0. The lowest BCUT2D eigenvalue weighted by molar-refractivity contribution is -0.117. The number of benzene rings is 1. The quantitative estimate of drug-likeness (QED) is 0.777. The van der Waals surface area contributed by atoms with Crippen LogP contribution in [0.5, 0.6) is 0 Å². The molecule has 0 aromatic heterocycles. The first-order valence-corrected chi connectivity index (χ1v) is 8.37. The molecule has 1 aromatic carbocycles. The second kappa shape index (κ2) is 7.78. The summed E-state index contributed by atoms with van der Waals surface area (Å²) in [6.45, 7) is 4.25. The van der Waals surface area contributed by atoms with Gasteiger partial charge in [0, 0.05) is 6.54 Å². The fourth-order valence-electron chi connectivity index (χ4n) is 1.59. The third kappa shape index (κ3) is 5.95. The van der Waals surface area contributed by atoms with Gasteiger partial charge in [-0.05, 0) is 25.5 Å². The van der Waals surface area contributed by atoms with Crippen LogP contribution in [0.2, 0.25) is 0 Å². The van der Waals surface area contributed by atoms with Crippen LogP contribution in [0.25, 0.3) is 0 Å². The van der Waals surface area contributed by atoms with Crippen LogP contribution in [0.4, 0.5) is 4.79 Å². The molecule has 0 aliphatic heterocycles. The second-order valence-corrected chi connectivity index (χ2v) is 6.72. The average molecular weight is 312 g/mol. The van der Waals surface area contributed by atoms with Crippen molar-refractivity contribution < 1.29 is 18.0 Å². The van der Waals surface area contributed by atoms with Gasteiger partial charge in [0.1, 0.15) is 5.75 Å². The van der Waals surface area contributed by atoms with Crippen LogP contribution in [0, 0.1) is 6.92 Å². The standard InChI is InChI=1S/C14H20N2O4S/c1-3-4-9-15-14(18)16-13(17)10-21(19,20)12-7-5-11(2)6-8-12/h5-8H,3-4,9-10H2,1-2H3,(H2,15,16,17,18). The lowest BCUT2D eigenvalue weighted by Gasteiger charge is -2.07. The number of carbonyl (C=O) groups is 2. The highest BCUT2D eigenvalue weighted by atomic mass is 32.2. The first-order valence-electron chi connectivity index (χ1n) is 6.72. The average Bonchev–Trinajstić information content (AvgIpc) is 2.38. The summed E-state index contributed by atoms with van der Waals surface area (Å²) < 4.78 is 24.0. The van der Waals surface area contributed by atoms with E-state index in [0.717, 1.165) is 18.4 Å². The monoisotopic (exact) mass is 312 g/mol. The van der Waals surface area contributed by atoms with E-state index in [0.29, 0.717) is 6.54 Å². The van der Waals surface area contributed by atoms with Crippen molar-refractivity contribution >= 4 is 21.8 Å². The number of hydrogen-bond donors (Lipinski definition) is 2. The third-order valence-electron chi connectivity index (χ3n) is 2.77. The lowest BCUT2D eigenvalue weighted by Crippen LogP contribution is -2.42. The van der Waals surface area contributed by atoms with Gasteiger partial charge in [0.25, 0.3) is 0 Å². The van der Waals surface area contributed by atoms with Gasteiger partial charge in [-0.2, -0.15) is 0 Å². The molecule has 0 aliphatic carbocycles. The number of imide groups is 1. The number of nitrogens with one attached hydrogen (secondary N) is 2. The van der Waals surface area contributed by atoms with Gasteiger partial charge in [0.15, 0.2) is 9.84 Å². The summed E-state index contributed by atoms with van der Waals surface area (Å²) >= 11 is 0. The molecule has 3 amide bonds. The summed E-state index contributed by atoms with van der Waals surface area (Å²) in [7, 11) is -3.74. The van der Waals surface area contributed by atoms with Crippen molar-refractivity contribution in [2.24, 2.45) is 0 Å². The molecule has 0 heterocycles. The maximum absolute atomic E-state index is 12.0. The summed E-state index contributed by atoms with van der Waals surface area (Å²) in [6, 6.07) is 5.52. The Balaban J connectivity index is 2.57. The second-order valence-electron chi connectivity index (χ2n) is 4.73. The molecule has 0 bridgehead atoms. The predicted octanol–water partition coefficient (Wildman–Crippen LogP) is 1.39. The summed E-state index contributed by atoms with van der Waals surface area (Å²) in [5, 5.41) is 4.49. The summed E-state index contributed by atoms with van der Waals surface area (Å²) in [5.41, 5.74) is 0.925. The molecule has 1 rings (SSSR count). The third-order valence-corrected chi connectivity index (χ3v) is 4.40. The van der Waals surface area contributed by atoms with Crippen LogP contribution in [-0.2, 0) is 14.6 Å². The fraction of sp³-hybridized carbons (Fsp3) is 0.429. The maximum Gasteiger partial charge on any atom is 0.321 e. The molecule has 0 radical (unpaired) electrons. The first-order chi connectivity index (χ1) is 9.85. The van der Waals surface area contributed by atoms with Crippen LogP contribution in [0.1, 0.15) is 25.3 Å². The molecule has 0 saturated carbocycles. The van der Waals surface area contributed by atoms with Gasteiger partial charge < -0.3 is 5.32 Å².